The Morgan fingerprint density at radius 2 is 1.60 bits per heavy atom. The fourth-order valence-electron chi connectivity index (χ4n) is 2.93. The summed E-state index contributed by atoms with van der Waals surface area (Å²) in [6, 6.07) is 12.5. The Morgan fingerprint density at radius 3 is 2.23 bits per heavy atom. The molecule has 0 aromatic heterocycles. The third kappa shape index (κ3) is 8.74. The predicted molar refractivity (Wildman–Crippen MR) is 131 cm³/mol. The van der Waals surface area contributed by atoms with Crippen molar-refractivity contribution in [2.45, 2.75) is 13.0 Å². The molecule has 0 aliphatic carbocycles. The van der Waals surface area contributed by atoms with Crippen molar-refractivity contribution in [3.8, 4) is 11.5 Å². The highest BCUT2D eigenvalue weighted by Crippen LogP contribution is 2.27. The standard InChI is InChI=1S/C22H31FN4O2.HI/c1-24-22(25-12-11-17-7-10-20(28-3)21(15-17)29-4)26-13-14-27(2)16-18-5-8-19(23)9-6-18;/h5-10,15H,11-14,16H2,1-4H3,(H2,24,25,26);1H. The molecule has 30 heavy (non-hydrogen) atoms. The number of hydrogen-bond donors (Lipinski definition) is 2. The highest BCUT2D eigenvalue weighted by atomic mass is 127. The van der Waals surface area contributed by atoms with Gasteiger partial charge in [0, 0.05) is 33.2 Å². The van der Waals surface area contributed by atoms with E-state index in [1.54, 1.807) is 21.3 Å². The molecule has 166 valence electrons. The smallest absolute Gasteiger partial charge is 0.191 e. The molecule has 0 saturated heterocycles. The minimum Gasteiger partial charge on any atom is -0.493 e. The summed E-state index contributed by atoms with van der Waals surface area (Å²) in [6.45, 7) is 3.12. The third-order valence-electron chi connectivity index (χ3n) is 4.53. The summed E-state index contributed by atoms with van der Waals surface area (Å²) in [4.78, 5) is 6.44. The Labute approximate surface area is 195 Å². The second-order valence-electron chi connectivity index (χ2n) is 6.73. The molecule has 0 heterocycles. The number of halogens is 2. The number of benzene rings is 2. The second kappa shape index (κ2) is 14.0. The van der Waals surface area contributed by atoms with Gasteiger partial charge in [-0.25, -0.2) is 4.39 Å². The van der Waals surface area contributed by atoms with Crippen LogP contribution in [0.15, 0.2) is 47.5 Å². The third-order valence-corrected chi connectivity index (χ3v) is 4.53. The van der Waals surface area contributed by atoms with Crippen LogP contribution in [0, 0.1) is 5.82 Å². The summed E-state index contributed by atoms with van der Waals surface area (Å²) in [5.74, 6) is 2.02. The molecule has 0 atom stereocenters. The normalized spacial score (nSPS) is 11.1. The molecular weight excluding hydrogens is 498 g/mol. The first-order chi connectivity index (χ1) is 14.0. The average molecular weight is 530 g/mol. The Morgan fingerprint density at radius 1 is 0.967 bits per heavy atom. The second-order valence-corrected chi connectivity index (χ2v) is 6.73. The van der Waals surface area contributed by atoms with E-state index >= 15 is 0 Å². The van der Waals surface area contributed by atoms with Gasteiger partial charge in [0.2, 0.25) is 0 Å². The number of nitrogens with one attached hydrogen (secondary N) is 2. The highest BCUT2D eigenvalue weighted by molar-refractivity contribution is 14.0. The van der Waals surface area contributed by atoms with E-state index < -0.39 is 0 Å². The molecule has 6 nitrogen and oxygen atoms in total. The number of rotatable bonds is 10. The molecule has 0 spiro atoms. The highest BCUT2D eigenvalue weighted by Gasteiger charge is 2.05. The van der Waals surface area contributed by atoms with E-state index in [1.165, 1.54) is 12.1 Å². The lowest BCUT2D eigenvalue weighted by Gasteiger charge is -2.18. The van der Waals surface area contributed by atoms with Crippen molar-refractivity contribution in [1.29, 1.82) is 0 Å². The van der Waals surface area contributed by atoms with Crippen LogP contribution in [0.3, 0.4) is 0 Å². The van der Waals surface area contributed by atoms with Crippen LogP contribution in [-0.4, -0.2) is 58.8 Å². The first kappa shape index (κ1) is 26.0. The fourth-order valence-corrected chi connectivity index (χ4v) is 2.93. The number of hydrogen-bond acceptors (Lipinski definition) is 4. The van der Waals surface area contributed by atoms with Crippen LogP contribution in [0.2, 0.25) is 0 Å². The molecule has 2 aromatic rings. The zero-order chi connectivity index (χ0) is 21.1. The van der Waals surface area contributed by atoms with Crippen molar-refractivity contribution in [1.82, 2.24) is 15.5 Å². The molecule has 2 rings (SSSR count). The number of methoxy groups -OCH3 is 2. The van der Waals surface area contributed by atoms with Gasteiger partial charge in [-0.1, -0.05) is 18.2 Å². The van der Waals surface area contributed by atoms with Gasteiger partial charge in [0.1, 0.15) is 5.82 Å². The minimum atomic E-state index is -0.207. The van der Waals surface area contributed by atoms with Gasteiger partial charge in [-0.3, -0.25) is 4.99 Å². The van der Waals surface area contributed by atoms with E-state index in [0.717, 1.165) is 61.2 Å². The Balaban J connectivity index is 0.00000450. The monoisotopic (exact) mass is 530 g/mol. The van der Waals surface area contributed by atoms with Gasteiger partial charge < -0.3 is 25.0 Å². The molecule has 8 heteroatoms. The van der Waals surface area contributed by atoms with Crippen LogP contribution in [0.4, 0.5) is 4.39 Å². The van der Waals surface area contributed by atoms with Crippen molar-refractivity contribution in [2.24, 2.45) is 4.99 Å². The van der Waals surface area contributed by atoms with Gasteiger partial charge in [-0.05, 0) is 48.9 Å². The summed E-state index contributed by atoms with van der Waals surface area (Å²) in [7, 11) is 7.07. The lowest BCUT2D eigenvalue weighted by atomic mass is 10.1. The number of nitrogens with zero attached hydrogens (tertiary/aromatic N) is 2. The summed E-state index contributed by atoms with van der Waals surface area (Å²) in [5.41, 5.74) is 2.25. The molecule has 0 aliphatic heterocycles. The van der Waals surface area contributed by atoms with Gasteiger partial charge in [-0.15, -0.1) is 24.0 Å². The van der Waals surface area contributed by atoms with Crippen molar-refractivity contribution in [3.05, 3.63) is 59.4 Å². The molecule has 0 radical (unpaired) electrons. The molecule has 2 aromatic carbocycles. The molecule has 0 amide bonds. The molecule has 0 aliphatic rings. The van der Waals surface area contributed by atoms with Gasteiger partial charge in [-0.2, -0.15) is 0 Å². The minimum absolute atomic E-state index is 0. The van der Waals surface area contributed by atoms with Crippen LogP contribution >= 0.6 is 24.0 Å². The maximum Gasteiger partial charge on any atom is 0.191 e. The maximum atomic E-state index is 13.0. The first-order valence-corrected chi connectivity index (χ1v) is 9.64. The molecule has 0 fully saturated rings. The topological polar surface area (TPSA) is 58.1 Å². The van der Waals surface area contributed by atoms with Crippen molar-refractivity contribution in [3.63, 3.8) is 0 Å². The Kier molecular flexibility index (Phi) is 12.1. The first-order valence-electron chi connectivity index (χ1n) is 9.64. The van der Waals surface area contributed by atoms with E-state index in [-0.39, 0.29) is 29.8 Å². The van der Waals surface area contributed by atoms with Crippen LogP contribution in [-0.2, 0) is 13.0 Å². The summed E-state index contributed by atoms with van der Waals surface area (Å²) < 4.78 is 23.6. The van der Waals surface area contributed by atoms with E-state index in [0.29, 0.717) is 0 Å². The van der Waals surface area contributed by atoms with E-state index in [1.807, 2.05) is 37.4 Å². The molecule has 2 N–H and O–H groups in total. The van der Waals surface area contributed by atoms with E-state index in [9.17, 15) is 4.39 Å². The van der Waals surface area contributed by atoms with Crippen LogP contribution in [0.5, 0.6) is 11.5 Å². The maximum absolute atomic E-state index is 13.0. The van der Waals surface area contributed by atoms with Crippen molar-refractivity contribution >= 4 is 29.9 Å². The fraction of sp³-hybridized carbons (Fsp3) is 0.409. The number of likely N-dealkylation sites (N-methyl/N-ethyl adjacent to an activating group) is 1. The van der Waals surface area contributed by atoms with Crippen molar-refractivity contribution in [2.75, 3.05) is 47.9 Å². The van der Waals surface area contributed by atoms with Crippen LogP contribution < -0.4 is 20.1 Å². The average Bonchev–Trinajstić information content (AvgIpc) is 2.74. The summed E-state index contributed by atoms with van der Waals surface area (Å²) in [5, 5.41) is 6.64. The lowest BCUT2D eigenvalue weighted by Crippen LogP contribution is -2.41. The molecule has 0 unspecified atom stereocenters. The molecular formula is C22H32FIN4O2. The zero-order valence-electron chi connectivity index (χ0n) is 18.1. The summed E-state index contributed by atoms with van der Waals surface area (Å²) >= 11 is 0. The van der Waals surface area contributed by atoms with Gasteiger partial charge in [0.05, 0.1) is 14.2 Å². The Bertz CT molecular complexity index is 787. The predicted octanol–water partition coefficient (Wildman–Crippen LogP) is 3.30. The van der Waals surface area contributed by atoms with E-state index in [2.05, 4.69) is 20.5 Å². The number of ether oxygens (including phenoxy) is 2. The zero-order valence-corrected chi connectivity index (χ0v) is 20.4. The van der Waals surface area contributed by atoms with Crippen LogP contribution in [0.25, 0.3) is 0 Å². The van der Waals surface area contributed by atoms with E-state index in [4.69, 9.17) is 9.47 Å². The Hall–Kier alpha value is -2.07. The van der Waals surface area contributed by atoms with Gasteiger partial charge >= 0.3 is 0 Å². The van der Waals surface area contributed by atoms with Crippen LogP contribution in [0.1, 0.15) is 11.1 Å². The summed E-state index contributed by atoms with van der Waals surface area (Å²) in [6.07, 6.45) is 0.839. The number of guanidine groups is 1. The van der Waals surface area contributed by atoms with Crippen molar-refractivity contribution < 1.29 is 13.9 Å². The van der Waals surface area contributed by atoms with Gasteiger partial charge in [0.15, 0.2) is 17.5 Å². The molecule has 0 saturated carbocycles. The lowest BCUT2D eigenvalue weighted by molar-refractivity contribution is 0.331. The quantitative estimate of drug-likeness (QED) is 0.281. The van der Waals surface area contributed by atoms with Gasteiger partial charge in [0.25, 0.3) is 0 Å². The molecule has 0 bridgehead atoms. The SMILES string of the molecule is CN=C(NCCc1ccc(OC)c(OC)c1)NCCN(C)Cc1ccc(F)cc1.I. The number of aliphatic imine (C=N–C) groups is 1. The largest absolute Gasteiger partial charge is 0.493 e.